The second kappa shape index (κ2) is 5.75. The molecule has 0 unspecified atom stereocenters. The molecule has 3 rings (SSSR count). The summed E-state index contributed by atoms with van der Waals surface area (Å²) in [6, 6.07) is 20.1. The summed E-state index contributed by atoms with van der Waals surface area (Å²) < 4.78 is 5.78. The number of nitrogens with zero attached hydrogens (tertiary/aromatic N) is 2. The standard InChI is InChI=1S/C18H16N2O/c1-13-12-18(20-14(2)19-13)21-17-10-8-16(9-11-17)15-6-4-3-5-7-15/h3-12H,1-2H3. The summed E-state index contributed by atoms with van der Waals surface area (Å²) in [6.45, 7) is 3.79. The molecular weight excluding hydrogens is 260 g/mol. The van der Waals surface area contributed by atoms with Crippen LogP contribution in [0.4, 0.5) is 0 Å². The Hall–Kier alpha value is -2.68. The van der Waals surface area contributed by atoms with Gasteiger partial charge in [0.25, 0.3) is 0 Å². The SMILES string of the molecule is Cc1cc(Oc2ccc(-c3ccccc3)cc2)nc(C)n1. The van der Waals surface area contributed by atoms with Crippen LogP contribution in [0, 0.1) is 13.8 Å². The van der Waals surface area contributed by atoms with Crippen molar-refractivity contribution in [3.8, 4) is 22.8 Å². The first-order valence-electron chi connectivity index (χ1n) is 6.86. The molecule has 0 radical (unpaired) electrons. The Morgan fingerprint density at radius 2 is 1.43 bits per heavy atom. The number of rotatable bonds is 3. The van der Waals surface area contributed by atoms with Crippen molar-refractivity contribution in [1.29, 1.82) is 0 Å². The Kier molecular flexibility index (Phi) is 3.65. The van der Waals surface area contributed by atoms with Crippen molar-refractivity contribution in [3.05, 3.63) is 72.2 Å². The lowest BCUT2D eigenvalue weighted by Gasteiger charge is -2.07. The first-order chi connectivity index (χ1) is 10.2. The van der Waals surface area contributed by atoms with Gasteiger partial charge in [0.2, 0.25) is 5.88 Å². The van der Waals surface area contributed by atoms with E-state index in [0.717, 1.165) is 17.0 Å². The third-order valence-electron chi connectivity index (χ3n) is 3.13. The summed E-state index contributed by atoms with van der Waals surface area (Å²) in [7, 11) is 0. The highest BCUT2D eigenvalue weighted by Crippen LogP contribution is 2.25. The van der Waals surface area contributed by atoms with Crippen molar-refractivity contribution < 1.29 is 4.74 Å². The Morgan fingerprint density at radius 3 is 2.10 bits per heavy atom. The van der Waals surface area contributed by atoms with Crippen molar-refractivity contribution in [2.45, 2.75) is 13.8 Å². The van der Waals surface area contributed by atoms with Crippen molar-refractivity contribution in [2.24, 2.45) is 0 Å². The predicted molar refractivity (Wildman–Crippen MR) is 83.5 cm³/mol. The molecule has 0 amide bonds. The third kappa shape index (κ3) is 3.26. The van der Waals surface area contributed by atoms with Crippen molar-refractivity contribution in [2.75, 3.05) is 0 Å². The first-order valence-corrected chi connectivity index (χ1v) is 6.86. The quantitative estimate of drug-likeness (QED) is 0.703. The topological polar surface area (TPSA) is 35.0 Å². The number of benzene rings is 2. The summed E-state index contributed by atoms with van der Waals surface area (Å²) in [4.78, 5) is 8.52. The van der Waals surface area contributed by atoms with E-state index >= 15 is 0 Å². The van der Waals surface area contributed by atoms with E-state index in [1.54, 1.807) is 0 Å². The van der Waals surface area contributed by atoms with Crippen LogP contribution in [0.25, 0.3) is 11.1 Å². The minimum absolute atomic E-state index is 0.576. The van der Waals surface area contributed by atoms with Crippen LogP contribution >= 0.6 is 0 Å². The molecule has 0 aliphatic heterocycles. The molecule has 21 heavy (non-hydrogen) atoms. The molecule has 0 N–H and O–H groups in total. The van der Waals surface area contributed by atoms with Gasteiger partial charge in [0.1, 0.15) is 11.6 Å². The van der Waals surface area contributed by atoms with E-state index in [0.29, 0.717) is 11.7 Å². The van der Waals surface area contributed by atoms with Gasteiger partial charge in [-0.1, -0.05) is 42.5 Å². The van der Waals surface area contributed by atoms with Crippen LogP contribution in [0.1, 0.15) is 11.5 Å². The van der Waals surface area contributed by atoms with Gasteiger partial charge in [-0.3, -0.25) is 0 Å². The maximum absolute atomic E-state index is 5.78. The average molecular weight is 276 g/mol. The fourth-order valence-corrected chi connectivity index (χ4v) is 2.20. The van der Waals surface area contributed by atoms with Crippen molar-refractivity contribution >= 4 is 0 Å². The van der Waals surface area contributed by atoms with Crippen LogP contribution in [0.3, 0.4) is 0 Å². The molecule has 0 atom stereocenters. The molecule has 0 saturated heterocycles. The molecule has 1 heterocycles. The van der Waals surface area contributed by atoms with E-state index in [1.165, 1.54) is 5.56 Å². The molecule has 0 bridgehead atoms. The minimum Gasteiger partial charge on any atom is -0.439 e. The molecule has 3 heteroatoms. The van der Waals surface area contributed by atoms with Gasteiger partial charge < -0.3 is 4.74 Å². The Morgan fingerprint density at radius 1 is 0.762 bits per heavy atom. The van der Waals surface area contributed by atoms with E-state index in [9.17, 15) is 0 Å². The van der Waals surface area contributed by atoms with E-state index in [4.69, 9.17) is 4.74 Å². The van der Waals surface area contributed by atoms with Crippen LogP contribution in [0.15, 0.2) is 60.7 Å². The van der Waals surface area contributed by atoms with Gasteiger partial charge in [0, 0.05) is 11.8 Å². The molecule has 104 valence electrons. The predicted octanol–water partition coefficient (Wildman–Crippen LogP) is 4.55. The van der Waals surface area contributed by atoms with Gasteiger partial charge in [-0.2, -0.15) is 4.98 Å². The minimum atomic E-state index is 0.576. The molecule has 3 aromatic rings. The molecule has 3 nitrogen and oxygen atoms in total. The molecule has 0 aliphatic rings. The van der Waals surface area contributed by atoms with E-state index < -0.39 is 0 Å². The Labute approximate surface area is 124 Å². The number of aromatic nitrogens is 2. The van der Waals surface area contributed by atoms with Crippen LogP contribution in [-0.4, -0.2) is 9.97 Å². The van der Waals surface area contributed by atoms with Crippen molar-refractivity contribution in [1.82, 2.24) is 9.97 Å². The van der Waals surface area contributed by atoms with E-state index in [-0.39, 0.29) is 0 Å². The molecule has 0 fully saturated rings. The van der Waals surface area contributed by atoms with Crippen LogP contribution < -0.4 is 4.74 Å². The summed E-state index contributed by atoms with van der Waals surface area (Å²) in [6.07, 6.45) is 0. The molecular formula is C18H16N2O. The number of ether oxygens (including phenoxy) is 1. The van der Waals surface area contributed by atoms with E-state index in [2.05, 4.69) is 22.1 Å². The summed E-state index contributed by atoms with van der Waals surface area (Å²) in [5.41, 5.74) is 3.26. The summed E-state index contributed by atoms with van der Waals surface area (Å²) in [5, 5.41) is 0. The smallest absolute Gasteiger partial charge is 0.222 e. The van der Waals surface area contributed by atoms with Crippen LogP contribution in [0.2, 0.25) is 0 Å². The fraction of sp³-hybridized carbons (Fsp3) is 0.111. The third-order valence-corrected chi connectivity index (χ3v) is 3.13. The zero-order valence-corrected chi connectivity index (χ0v) is 12.1. The van der Waals surface area contributed by atoms with Crippen LogP contribution in [-0.2, 0) is 0 Å². The lowest BCUT2D eigenvalue weighted by atomic mass is 10.1. The van der Waals surface area contributed by atoms with Gasteiger partial charge in [-0.25, -0.2) is 4.98 Å². The maximum Gasteiger partial charge on any atom is 0.222 e. The second-order valence-corrected chi connectivity index (χ2v) is 4.89. The molecule has 2 aromatic carbocycles. The van der Waals surface area contributed by atoms with Gasteiger partial charge in [0.15, 0.2) is 0 Å². The van der Waals surface area contributed by atoms with E-state index in [1.807, 2.05) is 62.4 Å². The molecule has 0 spiro atoms. The average Bonchev–Trinajstić information content (AvgIpc) is 2.48. The lowest BCUT2D eigenvalue weighted by molar-refractivity contribution is 0.459. The number of hydrogen-bond acceptors (Lipinski definition) is 3. The number of aryl methyl sites for hydroxylation is 2. The highest BCUT2D eigenvalue weighted by atomic mass is 16.5. The highest BCUT2D eigenvalue weighted by Gasteiger charge is 2.03. The Balaban J connectivity index is 1.81. The van der Waals surface area contributed by atoms with Gasteiger partial charge in [-0.05, 0) is 37.1 Å². The molecule has 1 aromatic heterocycles. The maximum atomic E-state index is 5.78. The zero-order chi connectivity index (χ0) is 14.7. The molecule has 0 aliphatic carbocycles. The lowest BCUT2D eigenvalue weighted by Crippen LogP contribution is -1.94. The Bertz CT molecular complexity index is 717. The normalized spacial score (nSPS) is 10.4. The summed E-state index contributed by atoms with van der Waals surface area (Å²) >= 11 is 0. The van der Waals surface area contributed by atoms with Crippen LogP contribution in [0.5, 0.6) is 11.6 Å². The number of hydrogen-bond donors (Lipinski definition) is 0. The monoisotopic (exact) mass is 276 g/mol. The first kappa shape index (κ1) is 13.3. The van der Waals surface area contributed by atoms with Gasteiger partial charge >= 0.3 is 0 Å². The van der Waals surface area contributed by atoms with Crippen molar-refractivity contribution in [3.63, 3.8) is 0 Å². The summed E-state index contributed by atoms with van der Waals surface area (Å²) in [5.74, 6) is 2.06. The fourth-order valence-electron chi connectivity index (χ4n) is 2.20. The zero-order valence-electron chi connectivity index (χ0n) is 12.1. The van der Waals surface area contributed by atoms with Gasteiger partial charge in [0.05, 0.1) is 0 Å². The largest absolute Gasteiger partial charge is 0.439 e. The highest BCUT2D eigenvalue weighted by molar-refractivity contribution is 5.63. The molecule has 0 saturated carbocycles. The van der Waals surface area contributed by atoms with Gasteiger partial charge in [-0.15, -0.1) is 0 Å². The second-order valence-electron chi connectivity index (χ2n) is 4.89.